The van der Waals surface area contributed by atoms with Gasteiger partial charge in [-0.3, -0.25) is 0 Å². The van der Waals surface area contributed by atoms with Crippen LogP contribution in [0.5, 0.6) is 0 Å². The van der Waals surface area contributed by atoms with Crippen molar-refractivity contribution in [3.63, 3.8) is 0 Å². The van der Waals surface area contributed by atoms with Crippen LogP contribution in [-0.4, -0.2) is 24.5 Å². The minimum atomic E-state index is -1.54. The summed E-state index contributed by atoms with van der Waals surface area (Å²) in [4.78, 5) is 4.47. The van der Waals surface area contributed by atoms with Crippen molar-refractivity contribution in [2.24, 2.45) is 23.2 Å². The molecular weight excluding hydrogens is 418 g/mol. The Hall–Kier alpha value is -0.233. The highest BCUT2D eigenvalue weighted by atomic mass is 32.1. The van der Waals surface area contributed by atoms with Crippen LogP contribution in [0.1, 0.15) is 103 Å². The summed E-state index contributed by atoms with van der Waals surface area (Å²) in [6.07, 6.45) is 10.0. The van der Waals surface area contributed by atoms with E-state index in [1.165, 1.54) is 56.7 Å². The third-order valence-corrected chi connectivity index (χ3v) is 14.9. The molecule has 2 fully saturated rings. The molecule has 0 spiro atoms. The first kappa shape index (κ1) is 25.4. The van der Waals surface area contributed by atoms with Gasteiger partial charge in [-0.25, -0.2) is 4.98 Å². The fourth-order valence-electron chi connectivity index (χ4n) is 7.04. The summed E-state index contributed by atoms with van der Waals surface area (Å²) in [5, 5.41) is 13.4. The van der Waals surface area contributed by atoms with Crippen LogP contribution in [0.4, 0.5) is 0 Å². The summed E-state index contributed by atoms with van der Waals surface area (Å²) in [7, 11) is -1.54. The number of thiazole rings is 1. The lowest BCUT2D eigenvalue weighted by atomic mass is 9.61. The van der Waals surface area contributed by atoms with Gasteiger partial charge < -0.3 is 9.53 Å². The van der Waals surface area contributed by atoms with Crippen molar-refractivity contribution in [2.75, 3.05) is 0 Å². The number of hydrogen-bond acceptors (Lipinski definition) is 4. The molecule has 6 atom stereocenters. The average Bonchev–Trinajstić information content (AvgIpc) is 3.35. The van der Waals surface area contributed by atoms with E-state index in [1.807, 2.05) is 12.3 Å². The zero-order valence-electron chi connectivity index (χ0n) is 21.0. The number of rotatable bonds is 11. The monoisotopic (exact) mass is 465 g/mol. The molecule has 1 heterocycles. The van der Waals surface area contributed by atoms with Gasteiger partial charge in [-0.1, -0.05) is 53.9 Å². The Morgan fingerprint density at radius 2 is 1.90 bits per heavy atom. The molecule has 1 N–H and O–H groups in total. The van der Waals surface area contributed by atoms with Crippen molar-refractivity contribution >= 4 is 19.7 Å². The number of nitrogens with zero attached hydrogens (tertiary/aromatic N) is 1. The van der Waals surface area contributed by atoms with Crippen molar-refractivity contribution in [3.05, 3.63) is 16.1 Å². The molecule has 3 rings (SSSR count). The third-order valence-electron chi connectivity index (χ3n) is 9.22. The minimum Gasteiger partial charge on any atom is -0.414 e. The van der Waals surface area contributed by atoms with Crippen molar-refractivity contribution in [1.82, 2.24) is 4.98 Å². The van der Waals surface area contributed by atoms with E-state index in [4.69, 9.17) is 4.43 Å². The summed E-state index contributed by atoms with van der Waals surface area (Å²) in [6.45, 7) is 14.2. The summed E-state index contributed by atoms with van der Waals surface area (Å²) in [5.74, 6) is 2.29. The fraction of sp³-hybridized carbons (Fsp3) is 0.885. The molecule has 3 nitrogen and oxygen atoms in total. The number of hydrogen-bond donors (Lipinski definition) is 1. The molecule has 178 valence electrons. The molecule has 1 aromatic heterocycles. The summed E-state index contributed by atoms with van der Waals surface area (Å²) >= 11 is 1.59. The van der Waals surface area contributed by atoms with E-state index < -0.39 is 8.32 Å². The van der Waals surface area contributed by atoms with Gasteiger partial charge in [-0.15, -0.1) is 11.3 Å². The van der Waals surface area contributed by atoms with Gasteiger partial charge in [0, 0.05) is 17.2 Å². The molecule has 0 amide bonds. The van der Waals surface area contributed by atoms with Gasteiger partial charge in [0.15, 0.2) is 8.32 Å². The molecule has 5 heteroatoms. The smallest absolute Gasteiger partial charge is 0.192 e. The molecule has 0 saturated heterocycles. The number of aromatic nitrogens is 1. The molecule has 0 aliphatic heterocycles. The largest absolute Gasteiger partial charge is 0.414 e. The first-order valence-corrected chi connectivity index (χ1v) is 16.5. The zero-order valence-corrected chi connectivity index (χ0v) is 22.8. The second-order valence-corrected chi connectivity index (χ2v) is 16.5. The van der Waals surface area contributed by atoms with Gasteiger partial charge in [0.2, 0.25) is 0 Å². The lowest BCUT2D eigenvalue weighted by Gasteiger charge is -2.49. The van der Waals surface area contributed by atoms with E-state index in [2.05, 4.69) is 39.6 Å². The Morgan fingerprint density at radius 1 is 1.19 bits per heavy atom. The maximum atomic E-state index is 10.5. The summed E-state index contributed by atoms with van der Waals surface area (Å²) < 4.78 is 7.10. The molecular formula is C26H47NO2SSi. The van der Waals surface area contributed by atoms with Crippen molar-refractivity contribution in [1.29, 1.82) is 0 Å². The topological polar surface area (TPSA) is 42.4 Å². The Bertz CT molecular complexity index is 682. The van der Waals surface area contributed by atoms with Gasteiger partial charge in [0.1, 0.15) is 11.1 Å². The Labute approximate surface area is 196 Å². The maximum Gasteiger partial charge on any atom is 0.192 e. The molecule has 2 aliphatic rings. The third kappa shape index (κ3) is 5.47. The SMILES string of the molecule is CC[Si](CC)(CC)OC1CCCC2(C)C(C(C)CCCC(O)c3nc(C)cs3)CCC12. The number of fused-ring (bicyclic) bond motifs is 1. The lowest BCUT2D eigenvalue weighted by Crippen LogP contribution is -2.48. The number of aliphatic hydroxyl groups excluding tert-OH is 1. The molecule has 1 aromatic rings. The molecule has 0 aromatic carbocycles. The second kappa shape index (κ2) is 10.8. The van der Waals surface area contributed by atoms with Gasteiger partial charge in [-0.2, -0.15) is 0 Å². The highest BCUT2D eigenvalue weighted by Gasteiger charge is 2.53. The van der Waals surface area contributed by atoms with Gasteiger partial charge in [0.05, 0.1) is 0 Å². The fourth-order valence-corrected chi connectivity index (χ4v) is 10.8. The zero-order chi connectivity index (χ0) is 22.6. The number of aryl methyl sites for hydroxylation is 1. The van der Waals surface area contributed by atoms with Crippen LogP contribution in [0.15, 0.2) is 5.38 Å². The highest BCUT2D eigenvalue weighted by molar-refractivity contribution is 7.09. The number of aliphatic hydroxyl groups is 1. The quantitative estimate of drug-likeness (QED) is 0.338. The van der Waals surface area contributed by atoms with E-state index in [0.29, 0.717) is 11.5 Å². The van der Waals surface area contributed by atoms with Crippen LogP contribution in [0, 0.1) is 30.1 Å². The van der Waals surface area contributed by atoms with Crippen LogP contribution in [-0.2, 0) is 4.43 Å². The highest BCUT2D eigenvalue weighted by Crippen LogP contribution is 2.59. The van der Waals surface area contributed by atoms with E-state index in [-0.39, 0.29) is 6.10 Å². The average molecular weight is 466 g/mol. The first-order valence-electron chi connectivity index (χ1n) is 13.1. The van der Waals surface area contributed by atoms with Crippen molar-refractivity contribution in [2.45, 2.75) is 123 Å². The predicted octanol–water partition coefficient (Wildman–Crippen LogP) is 7.90. The summed E-state index contributed by atoms with van der Waals surface area (Å²) in [5.41, 5.74) is 1.47. The van der Waals surface area contributed by atoms with E-state index in [1.54, 1.807) is 11.3 Å². The maximum absolute atomic E-state index is 10.5. The van der Waals surface area contributed by atoms with Crippen LogP contribution in [0.3, 0.4) is 0 Å². The Kier molecular flexibility index (Phi) is 8.84. The Morgan fingerprint density at radius 3 is 2.52 bits per heavy atom. The van der Waals surface area contributed by atoms with Crippen LogP contribution in [0.2, 0.25) is 18.1 Å². The van der Waals surface area contributed by atoms with Gasteiger partial charge >= 0.3 is 0 Å². The minimum absolute atomic E-state index is 0.388. The molecule has 6 unspecified atom stereocenters. The predicted molar refractivity (Wildman–Crippen MR) is 135 cm³/mol. The molecule has 31 heavy (non-hydrogen) atoms. The van der Waals surface area contributed by atoms with Crippen LogP contribution < -0.4 is 0 Å². The molecule has 0 bridgehead atoms. The second-order valence-electron chi connectivity index (χ2n) is 10.8. The van der Waals surface area contributed by atoms with Gasteiger partial charge in [-0.05, 0) is 80.3 Å². The molecule has 2 saturated carbocycles. The van der Waals surface area contributed by atoms with E-state index >= 15 is 0 Å². The van der Waals surface area contributed by atoms with Crippen molar-refractivity contribution < 1.29 is 9.53 Å². The van der Waals surface area contributed by atoms with E-state index in [9.17, 15) is 5.11 Å². The lowest BCUT2D eigenvalue weighted by molar-refractivity contribution is -0.0205. The molecule has 0 radical (unpaired) electrons. The van der Waals surface area contributed by atoms with Crippen LogP contribution in [0.25, 0.3) is 0 Å². The van der Waals surface area contributed by atoms with Gasteiger partial charge in [0.25, 0.3) is 0 Å². The standard InChI is InChI=1S/C26H47NO2SSi/c1-7-31(8-2,9-3)29-24-14-11-17-26(6)21(15-16-22(24)26)19(4)12-10-13-23(28)25-27-20(5)18-30-25/h18-19,21-24,28H,7-17H2,1-6H3. The Balaban J connectivity index is 1.58. The van der Waals surface area contributed by atoms with Crippen LogP contribution >= 0.6 is 11.3 Å². The van der Waals surface area contributed by atoms with E-state index in [0.717, 1.165) is 41.3 Å². The first-order chi connectivity index (χ1) is 14.8. The van der Waals surface area contributed by atoms with Crippen molar-refractivity contribution in [3.8, 4) is 0 Å². The normalized spacial score (nSPS) is 30.9. The summed E-state index contributed by atoms with van der Waals surface area (Å²) in [6, 6.07) is 3.79. The molecule has 2 aliphatic carbocycles.